The van der Waals surface area contributed by atoms with Gasteiger partial charge >= 0.3 is 0 Å². The minimum atomic E-state index is -3.90. The second-order valence-electron chi connectivity index (χ2n) is 4.21. The average molecular weight is 347 g/mol. The number of nitro groups is 1. The average Bonchev–Trinajstić information content (AvgIpc) is 2.91. The maximum Gasteiger partial charge on any atom is 0.270 e. The third-order valence-electron chi connectivity index (χ3n) is 2.77. The third-order valence-corrected chi connectivity index (χ3v) is 5.92. The lowest BCUT2D eigenvalue weighted by molar-refractivity contribution is -0.385. The van der Waals surface area contributed by atoms with Gasteiger partial charge in [-0.25, -0.2) is 8.42 Å². The second-order valence-corrected chi connectivity index (χ2v) is 7.67. The van der Waals surface area contributed by atoms with Crippen molar-refractivity contribution in [3.63, 3.8) is 0 Å². The van der Waals surface area contributed by atoms with E-state index in [2.05, 4.69) is 0 Å². The standard InChI is InChI=1S/C12H11ClN2O4S2/c1-14(8-10-3-2-6-20-10)21(18,19)12-7-9(15(16)17)4-5-11(12)13/h2-7H,8H2,1H3. The summed E-state index contributed by atoms with van der Waals surface area (Å²) in [6.07, 6.45) is 0. The smallest absolute Gasteiger partial charge is 0.258 e. The Labute approximate surface area is 130 Å². The number of benzene rings is 1. The zero-order valence-corrected chi connectivity index (χ0v) is 13.3. The molecule has 21 heavy (non-hydrogen) atoms. The van der Waals surface area contributed by atoms with Gasteiger partial charge in [0.05, 0.1) is 9.95 Å². The number of halogens is 1. The van der Waals surface area contributed by atoms with Crippen molar-refractivity contribution >= 4 is 38.6 Å². The lowest BCUT2D eigenvalue weighted by Gasteiger charge is -2.17. The van der Waals surface area contributed by atoms with Crippen LogP contribution in [0.3, 0.4) is 0 Å². The summed E-state index contributed by atoms with van der Waals surface area (Å²) in [5, 5.41) is 12.6. The van der Waals surface area contributed by atoms with Crippen molar-refractivity contribution in [3.8, 4) is 0 Å². The minimum Gasteiger partial charge on any atom is -0.258 e. The Hall–Kier alpha value is -1.48. The molecule has 0 bridgehead atoms. The lowest BCUT2D eigenvalue weighted by Crippen LogP contribution is -2.26. The molecule has 2 aromatic rings. The molecule has 0 amide bonds. The summed E-state index contributed by atoms with van der Waals surface area (Å²) in [6.45, 7) is 0.180. The van der Waals surface area contributed by atoms with E-state index in [1.165, 1.54) is 30.5 Å². The van der Waals surface area contributed by atoms with E-state index in [4.69, 9.17) is 11.6 Å². The molecule has 112 valence electrons. The number of sulfonamides is 1. The Morgan fingerprint density at radius 3 is 2.67 bits per heavy atom. The van der Waals surface area contributed by atoms with E-state index in [-0.39, 0.29) is 22.2 Å². The van der Waals surface area contributed by atoms with Gasteiger partial charge in [0.2, 0.25) is 10.0 Å². The van der Waals surface area contributed by atoms with Gasteiger partial charge in [0, 0.05) is 30.6 Å². The van der Waals surface area contributed by atoms with Gasteiger partial charge in [-0.15, -0.1) is 11.3 Å². The molecule has 0 saturated heterocycles. The highest BCUT2D eigenvalue weighted by molar-refractivity contribution is 7.89. The van der Waals surface area contributed by atoms with Gasteiger partial charge in [0.1, 0.15) is 4.90 Å². The van der Waals surface area contributed by atoms with Crippen LogP contribution in [0.1, 0.15) is 4.88 Å². The molecule has 1 aromatic carbocycles. The summed E-state index contributed by atoms with van der Waals surface area (Å²) in [5.41, 5.74) is -0.317. The first kappa shape index (κ1) is 15.9. The topological polar surface area (TPSA) is 80.5 Å². The number of non-ortho nitro benzene ring substituents is 1. The van der Waals surface area contributed by atoms with Crippen molar-refractivity contribution in [3.05, 3.63) is 55.7 Å². The third kappa shape index (κ3) is 3.41. The van der Waals surface area contributed by atoms with Crippen LogP contribution in [0.5, 0.6) is 0 Å². The minimum absolute atomic E-state index is 0.0429. The van der Waals surface area contributed by atoms with Crippen LogP contribution < -0.4 is 0 Å². The Kier molecular flexibility index (Phi) is 4.62. The highest BCUT2D eigenvalue weighted by Gasteiger charge is 2.26. The van der Waals surface area contributed by atoms with E-state index in [0.717, 1.165) is 15.2 Å². The van der Waals surface area contributed by atoms with Crippen LogP contribution in [0.2, 0.25) is 5.02 Å². The van der Waals surface area contributed by atoms with Gasteiger partial charge < -0.3 is 0 Å². The predicted molar refractivity (Wildman–Crippen MR) is 81.1 cm³/mol. The maximum absolute atomic E-state index is 12.5. The number of thiophene rings is 1. The quantitative estimate of drug-likeness (QED) is 0.615. The molecular weight excluding hydrogens is 336 g/mol. The van der Waals surface area contributed by atoms with Gasteiger partial charge in [-0.2, -0.15) is 4.31 Å². The Morgan fingerprint density at radius 1 is 1.38 bits per heavy atom. The zero-order chi connectivity index (χ0) is 15.6. The summed E-state index contributed by atoms with van der Waals surface area (Å²) < 4.78 is 26.1. The largest absolute Gasteiger partial charge is 0.270 e. The van der Waals surface area contributed by atoms with Crippen LogP contribution in [0.15, 0.2) is 40.6 Å². The molecule has 0 aliphatic heterocycles. The number of nitrogens with zero attached hydrogens (tertiary/aromatic N) is 2. The lowest BCUT2D eigenvalue weighted by atomic mass is 10.3. The molecular formula is C12H11ClN2O4S2. The fourth-order valence-corrected chi connectivity index (χ4v) is 4.16. The summed E-state index contributed by atoms with van der Waals surface area (Å²) in [4.78, 5) is 10.7. The fraction of sp³-hybridized carbons (Fsp3) is 0.167. The molecule has 0 aliphatic rings. The molecule has 1 aromatic heterocycles. The first-order valence-electron chi connectivity index (χ1n) is 5.75. The van der Waals surface area contributed by atoms with Gasteiger partial charge in [0.25, 0.3) is 5.69 Å². The SMILES string of the molecule is CN(Cc1cccs1)S(=O)(=O)c1cc([N+](=O)[O-])ccc1Cl. The van der Waals surface area contributed by atoms with Crippen molar-refractivity contribution < 1.29 is 13.3 Å². The molecule has 0 N–H and O–H groups in total. The first-order valence-corrected chi connectivity index (χ1v) is 8.45. The van der Waals surface area contributed by atoms with Crippen molar-refractivity contribution in [2.45, 2.75) is 11.4 Å². The normalized spacial score (nSPS) is 11.8. The highest BCUT2D eigenvalue weighted by atomic mass is 35.5. The van der Waals surface area contributed by atoms with Crippen molar-refractivity contribution in [1.82, 2.24) is 4.31 Å². The molecule has 2 rings (SSSR count). The number of hydrogen-bond acceptors (Lipinski definition) is 5. The summed E-state index contributed by atoms with van der Waals surface area (Å²) in [5.74, 6) is 0. The van der Waals surface area contributed by atoms with Crippen molar-refractivity contribution in [2.24, 2.45) is 0 Å². The van der Waals surface area contributed by atoms with Crippen LogP contribution in [0.4, 0.5) is 5.69 Å². The van der Waals surface area contributed by atoms with Crippen molar-refractivity contribution in [1.29, 1.82) is 0 Å². The van der Waals surface area contributed by atoms with Crippen LogP contribution in [0, 0.1) is 10.1 Å². The summed E-state index contributed by atoms with van der Waals surface area (Å²) >= 11 is 7.31. The van der Waals surface area contributed by atoms with Crippen LogP contribution in [-0.2, 0) is 16.6 Å². The van der Waals surface area contributed by atoms with E-state index in [9.17, 15) is 18.5 Å². The van der Waals surface area contributed by atoms with E-state index in [1.807, 2.05) is 17.5 Å². The fourth-order valence-electron chi connectivity index (χ4n) is 1.68. The van der Waals surface area contributed by atoms with Crippen LogP contribution in [-0.4, -0.2) is 24.7 Å². The summed E-state index contributed by atoms with van der Waals surface area (Å²) in [6, 6.07) is 6.99. The predicted octanol–water partition coefficient (Wildman–Crippen LogP) is 3.13. The van der Waals surface area contributed by atoms with Gasteiger partial charge in [0.15, 0.2) is 0 Å². The molecule has 9 heteroatoms. The van der Waals surface area contributed by atoms with E-state index >= 15 is 0 Å². The van der Waals surface area contributed by atoms with Gasteiger partial charge in [-0.3, -0.25) is 10.1 Å². The molecule has 0 saturated carbocycles. The molecule has 6 nitrogen and oxygen atoms in total. The van der Waals surface area contributed by atoms with Crippen molar-refractivity contribution in [2.75, 3.05) is 7.05 Å². The van der Waals surface area contributed by atoms with Crippen LogP contribution in [0.25, 0.3) is 0 Å². The Morgan fingerprint density at radius 2 is 2.10 bits per heavy atom. The Bertz CT molecular complexity index is 760. The molecule has 0 fully saturated rings. The first-order chi connectivity index (χ1) is 9.82. The monoisotopic (exact) mass is 346 g/mol. The van der Waals surface area contributed by atoms with E-state index in [0.29, 0.717) is 0 Å². The Balaban J connectivity index is 2.38. The highest BCUT2D eigenvalue weighted by Crippen LogP contribution is 2.29. The molecule has 0 unspecified atom stereocenters. The maximum atomic E-state index is 12.5. The van der Waals surface area contributed by atoms with Gasteiger partial charge in [-0.1, -0.05) is 17.7 Å². The zero-order valence-electron chi connectivity index (χ0n) is 10.9. The van der Waals surface area contributed by atoms with Gasteiger partial charge in [-0.05, 0) is 17.5 Å². The number of nitro benzene ring substituents is 1. The summed E-state index contributed by atoms with van der Waals surface area (Å²) in [7, 11) is -2.49. The second kappa shape index (κ2) is 6.10. The van der Waals surface area contributed by atoms with Crippen LogP contribution >= 0.6 is 22.9 Å². The molecule has 0 radical (unpaired) electrons. The molecule has 0 atom stereocenters. The number of hydrogen-bond donors (Lipinski definition) is 0. The molecule has 0 aliphatic carbocycles. The molecule has 0 spiro atoms. The van der Waals surface area contributed by atoms with E-state index in [1.54, 1.807) is 0 Å². The molecule has 1 heterocycles. The van der Waals surface area contributed by atoms with E-state index < -0.39 is 14.9 Å². The number of rotatable bonds is 5.